The SMILES string of the molecule is Oc1ccc(NCc2ccn[nH]2)cc1. The number of hydrogen-bond acceptors (Lipinski definition) is 3. The third-order valence-electron chi connectivity index (χ3n) is 1.91. The van der Waals surface area contributed by atoms with Gasteiger partial charge < -0.3 is 10.4 Å². The summed E-state index contributed by atoms with van der Waals surface area (Å²) in [5.74, 6) is 0.275. The summed E-state index contributed by atoms with van der Waals surface area (Å²) in [7, 11) is 0. The Morgan fingerprint density at radius 2 is 2.00 bits per heavy atom. The molecule has 0 unspecified atom stereocenters. The summed E-state index contributed by atoms with van der Waals surface area (Å²) in [6.45, 7) is 0.699. The fraction of sp³-hybridized carbons (Fsp3) is 0.100. The van der Waals surface area contributed by atoms with Crippen LogP contribution in [0.1, 0.15) is 5.69 Å². The Balaban J connectivity index is 1.95. The van der Waals surface area contributed by atoms with Gasteiger partial charge in [-0.25, -0.2) is 0 Å². The first-order valence-electron chi connectivity index (χ1n) is 4.36. The van der Waals surface area contributed by atoms with Gasteiger partial charge in [-0.05, 0) is 30.3 Å². The molecule has 14 heavy (non-hydrogen) atoms. The summed E-state index contributed by atoms with van der Waals surface area (Å²) in [5.41, 5.74) is 2.00. The smallest absolute Gasteiger partial charge is 0.115 e. The Labute approximate surface area is 81.6 Å². The van der Waals surface area contributed by atoms with Crippen molar-refractivity contribution in [2.45, 2.75) is 6.54 Å². The van der Waals surface area contributed by atoms with Gasteiger partial charge in [0.25, 0.3) is 0 Å². The molecular weight excluding hydrogens is 178 g/mol. The van der Waals surface area contributed by atoms with Gasteiger partial charge in [0, 0.05) is 11.9 Å². The van der Waals surface area contributed by atoms with Crippen molar-refractivity contribution < 1.29 is 5.11 Å². The monoisotopic (exact) mass is 189 g/mol. The zero-order valence-corrected chi connectivity index (χ0v) is 7.57. The van der Waals surface area contributed by atoms with Crippen molar-refractivity contribution in [2.24, 2.45) is 0 Å². The van der Waals surface area contributed by atoms with E-state index in [0.717, 1.165) is 11.4 Å². The molecule has 0 atom stereocenters. The van der Waals surface area contributed by atoms with Crippen molar-refractivity contribution in [2.75, 3.05) is 5.32 Å². The van der Waals surface area contributed by atoms with Gasteiger partial charge in [-0.1, -0.05) is 0 Å². The molecule has 4 nitrogen and oxygen atoms in total. The summed E-state index contributed by atoms with van der Waals surface area (Å²) in [6.07, 6.45) is 1.72. The topological polar surface area (TPSA) is 60.9 Å². The van der Waals surface area contributed by atoms with Crippen LogP contribution in [0.2, 0.25) is 0 Å². The molecule has 0 aliphatic rings. The molecule has 2 aromatic rings. The second-order valence-corrected chi connectivity index (χ2v) is 2.98. The molecule has 0 aliphatic heterocycles. The summed E-state index contributed by atoms with van der Waals surface area (Å²) in [5, 5.41) is 19.0. The standard InChI is InChI=1S/C10H11N3O/c14-10-3-1-8(2-4-10)11-7-9-5-6-12-13-9/h1-6,11,14H,7H2,(H,12,13). The van der Waals surface area contributed by atoms with E-state index in [1.54, 1.807) is 18.3 Å². The summed E-state index contributed by atoms with van der Waals surface area (Å²) < 4.78 is 0. The number of phenols is 1. The van der Waals surface area contributed by atoms with Crippen LogP contribution in [0.3, 0.4) is 0 Å². The van der Waals surface area contributed by atoms with E-state index in [2.05, 4.69) is 15.5 Å². The van der Waals surface area contributed by atoms with E-state index in [1.807, 2.05) is 18.2 Å². The molecule has 0 fully saturated rings. The van der Waals surface area contributed by atoms with Crippen molar-refractivity contribution in [1.82, 2.24) is 10.2 Å². The van der Waals surface area contributed by atoms with Crippen molar-refractivity contribution in [3.05, 3.63) is 42.2 Å². The zero-order chi connectivity index (χ0) is 9.80. The maximum atomic E-state index is 9.06. The van der Waals surface area contributed by atoms with Gasteiger partial charge in [-0.2, -0.15) is 5.10 Å². The Hall–Kier alpha value is -1.97. The van der Waals surface area contributed by atoms with Gasteiger partial charge in [0.05, 0.1) is 12.2 Å². The van der Waals surface area contributed by atoms with Crippen LogP contribution in [0, 0.1) is 0 Å². The molecule has 0 radical (unpaired) electrons. The van der Waals surface area contributed by atoms with Gasteiger partial charge >= 0.3 is 0 Å². The minimum atomic E-state index is 0.275. The maximum absolute atomic E-state index is 9.06. The van der Waals surface area contributed by atoms with Crippen molar-refractivity contribution in [3.63, 3.8) is 0 Å². The molecule has 1 aromatic carbocycles. The number of anilines is 1. The van der Waals surface area contributed by atoms with Crippen LogP contribution >= 0.6 is 0 Å². The minimum Gasteiger partial charge on any atom is -0.508 e. The number of phenolic OH excluding ortho intramolecular Hbond substituents is 1. The molecule has 3 N–H and O–H groups in total. The van der Waals surface area contributed by atoms with E-state index in [4.69, 9.17) is 5.11 Å². The average Bonchev–Trinajstić information content (AvgIpc) is 2.70. The third kappa shape index (κ3) is 2.04. The highest BCUT2D eigenvalue weighted by Crippen LogP contribution is 2.14. The maximum Gasteiger partial charge on any atom is 0.115 e. The quantitative estimate of drug-likeness (QED) is 0.644. The predicted octanol–water partition coefficient (Wildman–Crippen LogP) is 1.73. The summed E-state index contributed by atoms with van der Waals surface area (Å²) in [6, 6.07) is 8.86. The van der Waals surface area contributed by atoms with Gasteiger partial charge in [-0.3, -0.25) is 5.10 Å². The highest BCUT2D eigenvalue weighted by molar-refractivity contribution is 5.46. The van der Waals surface area contributed by atoms with Crippen molar-refractivity contribution in [3.8, 4) is 5.75 Å². The fourth-order valence-corrected chi connectivity index (χ4v) is 1.16. The molecule has 1 heterocycles. The highest BCUT2D eigenvalue weighted by atomic mass is 16.3. The van der Waals surface area contributed by atoms with E-state index in [1.165, 1.54) is 0 Å². The number of hydrogen-bond donors (Lipinski definition) is 3. The molecule has 0 saturated heterocycles. The highest BCUT2D eigenvalue weighted by Gasteiger charge is 1.94. The normalized spacial score (nSPS) is 10.0. The lowest BCUT2D eigenvalue weighted by Crippen LogP contribution is -1.99. The second-order valence-electron chi connectivity index (χ2n) is 2.98. The fourth-order valence-electron chi connectivity index (χ4n) is 1.16. The molecule has 0 spiro atoms. The lowest BCUT2D eigenvalue weighted by Gasteiger charge is -2.03. The molecule has 1 aromatic heterocycles. The van der Waals surface area contributed by atoms with Crippen LogP contribution in [0.4, 0.5) is 5.69 Å². The van der Waals surface area contributed by atoms with E-state index in [0.29, 0.717) is 6.54 Å². The number of aromatic amines is 1. The molecule has 0 aliphatic carbocycles. The molecule has 0 saturated carbocycles. The summed E-state index contributed by atoms with van der Waals surface area (Å²) in [4.78, 5) is 0. The van der Waals surface area contributed by atoms with Crippen LogP contribution in [0.25, 0.3) is 0 Å². The van der Waals surface area contributed by atoms with Crippen LogP contribution in [0.15, 0.2) is 36.5 Å². The van der Waals surface area contributed by atoms with E-state index < -0.39 is 0 Å². The van der Waals surface area contributed by atoms with Crippen LogP contribution < -0.4 is 5.32 Å². The average molecular weight is 189 g/mol. The first-order valence-corrected chi connectivity index (χ1v) is 4.36. The number of aromatic hydroxyl groups is 1. The molecule has 2 rings (SSSR count). The van der Waals surface area contributed by atoms with Crippen molar-refractivity contribution in [1.29, 1.82) is 0 Å². The molecule has 4 heteroatoms. The lowest BCUT2D eigenvalue weighted by atomic mass is 10.3. The van der Waals surface area contributed by atoms with Crippen LogP contribution in [-0.4, -0.2) is 15.3 Å². The molecule has 0 amide bonds. The first kappa shape index (κ1) is 8.62. The second kappa shape index (κ2) is 3.83. The lowest BCUT2D eigenvalue weighted by molar-refractivity contribution is 0.475. The Morgan fingerprint density at radius 1 is 1.21 bits per heavy atom. The number of nitrogens with zero attached hydrogens (tertiary/aromatic N) is 1. The molecular formula is C10H11N3O. The Morgan fingerprint density at radius 3 is 2.64 bits per heavy atom. The van der Waals surface area contributed by atoms with Crippen LogP contribution in [0.5, 0.6) is 5.75 Å². The van der Waals surface area contributed by atoms with Gasteiger partial charge in [0.1, 0.15) is 5.75 Å². The predicted molar refractivity (Wildman–Crippen MR) is 54.0 cm³/mol. The number of benzene rings is 1. The minimum absolute atomic E-state index is 0.275. The van der Waals surface area contributed by atoms with Gasteiger partial charge in [-0.15, -0.1) is 0 Å². The number of rotatable bonds is 3. The van der Waals surface area contributed by atoms with Gasteiger partial charge in [0.15, 0.2) is 0 Å². The summed E-state index contributed by atoms with van der Waals surface area (Å²) >= 11 is 0. The zero-order valence-electron chi connectivity index (χ0n) is 7.57. The van der Waals surface area contributed by atoms with Crippen LogP contribution in [-0.2, 0) is 6.54 Å². The third-order valence-corrected chi connectivity index (χ3v) is 1.91. The number of nitrogens with one attached hydrogen (secondary N) is 2. The van der Waals surface area contributed by atoms with Gasteiger partial charge in [0.2, 0.25) is 0 Å². The van der Waals surface area contributed by atoms with E-state index >= 15 is 0 Å². The Bertz CT molecular complexity index is 380. The Kier molecular flexibility index (Phi) is 2.36. The molecule has 72 valence electrons. The number of H-pyrrole nitrogens is 1. The first-order chi connectivity index (χ1) is 6.84. The number of aromatic nitrogens is 2. The largest absolute Gasteiger partial charge is 0.508 e. The van der Waals surface area contributed by atoms with E-state index in [-0.39, 0.29) is 5.75 Å². The van der Waals surface area contributed by atoms with Crippen molar-refractivity contribution >= 4 is 5.69 Å². The molecule has 0 bridgehead atoms. The van der Waals surface area contributed by atoms with E-state index in [9.17, 15) is 0 Å².